The Morgan fingerprint density at radius 3 is 2.85 bits per heavy atom. The molecule has 1 saturated heterocycles. The maximum Gasteiger partial charge on any atom is 0.00384 e. The molecule has 1 heterocycles. The molecule has 13 heavy (non-hydrogen) atoms. The molecule has 1 saturated carbocycles. The lowest BCUT2D eigenvalue weighted by Crippen LogP contribution is -2.25. The molecule has 2 heteroatoms. The van der Waals surface area contributed by atoms with Crippen molar-refractivity contribution in [1.82, 2.24) is 4.90 Å². The van der Waals surface area contributed by atoms with Gasteiger partial charge in [-0.05, 0) is 55.9 Å². The largest absolute Gasteiger partial charge is 0.303 e. The van der Waals surface area contributed by atoms with Crippen LogP contribution in [0.3, 0.4) is 0 Å². The van der Waals surface area contributed by atoms with Crippen molar-refractivity contribution in [1.29, 1.82) is 0 Å². The molecule has 2 aliphatic rings. The van der Waals surface area contributed by atoms with Gasteiger partial charge in [-0.25, -0.2) is 0 Å². The molecule has 1 aliphatic heterocycles. The monoisotopic (exact) mass is 199 g/mol. The minimum Gasteiger partial charge on any atom is -0.303 e. The van der Waals surface area contributed by atoms with Gasteiger partial charge in [-0.1, -0.05) is 6.92 Å². The van der Waals surface area contributed by atoms with Crippen LogP contribution >= 0.6 is 12.6 Å². The molecular weight excluding hydrogens is 178 g/mol. The lowest BCUT2D eigenvalue weighted by molar-refractivity contribution is 0.263. The standard InChI is InChI=1S/C11H21NS/c1-2-12-6-5-11(9-12)4-3-10(7-11)8-13/h10,13H,2-9H2,1H3. The summed E-state index contributed by atoms with van der Waals surface area (Å²) in [6, 6.07) is 0. The molecule has 0 aromatic rings. The van der Waals surface area contributed by atoms with Gasteiger partial charge < -0.3 is 4.90 Å². The predicted molar refractivity (Wildman–Crippen MR) is 60.4 cm³/mol. The molecule has 2 atom stereocenters. The molecule has 2 rings (SSSR count). The van der Waals surface area contributed by atoms with Crippen molar-refractivity contribution in [3.63, 3.8) is 0 Å². The summed E-state index contributed by atoms with van der Waals surface area (Å²) < 4.78 is 0. The van der Waals surface area contributed by atoms with E-state index in [2.05, 4.69) is 24.5 Å². The van der Waals surface area contributed by atoms with E-state index in [0.717, 1.165) is 11.7 Å². The van der Waals surface area contributed by atoms with Crippen LogP contribution in [0.25, 0.3) is 0 Å². The highest BCUT2D eigenvalue weighted by atomic mass is 32.1. The molecule has 1 aliphatic carbocycles. The highest BCUT2D eigenvalue weighted by Gasteiger charge is 2.42. The van der Waals surface area contributed by atoms with Crippen LogP contribution in [-0.2, 0) is 0 Å². The Morgan fingerprint density at radius 1 is 1.46 bits per heavy atom. The van der Waals surface area contributed by atoms with Crippen molar-refractivity contribution >= 4 is 12.6 Å². The number of hydrogen-bond acceptors (Lipinski definition) is 2. The molecule has 76 valence electrons. The first-order valence-corrected chi connectivity index (χ1v) is 6.24. The molecule has 2 unspecified atom stereocenters. The molecule has 1 spiro atoms. The first kappa shape index (κ1) is 9.85. The zero-order chi connectivity index (χ0) is 9.31. The molecule has 0 aromatic heterocycles. The Balaban J connectivity index is 1.93. The Labute approximate surface area is 87.3 Å². The van der Waals surface area contributed by atoms with Gasteiger partial charge in [-0.3, -0.25) is 0 Å². The van der Waals surface area contributed by atoms with Gasteiger partial charge in [0.2, 0.25) is 0 Å². The lowest BCUT2D eigenvalue weighted by Gasteiger charge is -2.23. The summed E-state index contributed by atoms with van der Waals surface area (Å²) in [6.07, 6.45) is 5.80. The summed E-state index contributed by atoms with van der Waals surface area (Å²) in [7, 11) is 0. The number of likely N-dealkylation sites (tertiary alicyclic amines) is 1. The fourth-order valence-corrected chi connectivity index (χ4v) is 3.46. The molecule has 0 amide bonds. The fourth-order valence-electron chi connectivity index (χ4n) is 3.15. The lowest BCUT2D eigenvalue weighted by atomic mass is 9.85. The molecule has 0 bridgehead atoms. The van der Waals surface area contributed by atoms with Crippen LogP contribution in [0.15, 0.2) is 0 Å². The van der Waals surface area contributed by atoms with E-state index in [1.807, 2.05) is 0 Å². The quantitative estimate of drug-likeness (QED) is 0.669. The summed E-state index contributed by atoms with van der Waals surface area (Å²) in [4.78, 5) is 2.61. The van der Waals surface area contributed by atoms with Crippen LogP contribution < -0.4 is 0 Å². The van der Waals surface area contributed by atoms with Crippen LogP contribution in [0.4, 0.5) is 0 Å². The average Bonchev–Trinajstić information content (AvgIpc) is 2.74. The van der Waals surface area contributed by atoms with Crippen molar-refractivity contribution in [2.75, 3.05) is 25.4 Å². The summed E-state index contributed by atoms with van der Waals surface area (Å²) in [5.41, 5.74) is 0.712. The molecular formula is C11H21NS. The molecule has 1 nitrogen and oxygen atoms in total. The minimum atomic E-state index is 0.712. The van der Waals surface area contributed by atoms with Crippen molar-refractivity contribution in [2.45, 2.75) is 32.6 Å². The third-order valence-corrected chi connectivity index (χ3v) is 4.54. The Morgan fingerprint density at radius 2 is 2.31 bits per heavy atom. The van der Waals surface area contributed by atoms with Gasteiger partial charge in [-0.2, -0.15) is 12.6 Å². The van der Waals surface area contributed by atoms with Gasteiger partial charge >= 0.3 is 0 Å². The average molecular weight is 199 g/mol. The van der Waals surface area contributed by atoms with E-state index in [4.69, 9.17) is 0 Å². The highest BCUT2D eigenvalue weighted by Crippen LogP contribution is 2.48. The third kappa shape index (κ3) is 1.89. The van der Waals surface area contributed by atoms with Gasteiger partial charge in [0, 0.05) is 6.54 Å². The van der Waals surface area contributed by atoms with E-state index in [0.29, 0.717) is 5.41 Å². The van der Waals surface area contributed by atoms with Crippen LogP contribution in [0, 0.1) is 11.3 Å². The van der Waals surface area contributed by atoms with Crippen molar-refractivity contribution in [2.24, 2.45) is 11.3 Å². The number of rotatable bonds is 2. The SMILES string of the molecule is CCN1CCC2(CCC(CS)C2)C1. The molecule has 0 radical (unpaired) electrons. The first-order chi connectivity index (χ1) is 6.28. The van der Waals surface area contributed by atoms with Gasteiger partial charge in [0.15, 0.2) is 0 Å². The van der Waals surface area contributed by atoms with Crippen LogP contribution in [-0.4, -0.2) is 30.3 Å². The third-order valence-electron chi connectivity index (χ3n) is 4.03. The van der Waals surface area contributed by atoms with Crippen molar-refractivity contribution < 1.29 is 0 Å². The second-order valence-electron chi connectivity index (χ2n) is 4.91. The molecule has 0 aromatic carbocycles. The van der Waals surface area contributed by atoms with Gasteiger partial charge in [-0.15, -0.1) is 0 Å². The predicted octanol–water partition coefficient (Wildman–Crippen LogP) is 2.43. The summed E-state index contributed by atoms with van der Waals surface area (Å²) in [5.74, 6) is 2.02. The zero-order valence-electron chi connectivity index (χ0n) is 8.63. The van der Waals surface area contributed by atoms with E-state index < -0.39 is 0 Å². The van der Waals surface area contributed by atoms with Crippen molar-refractivity contribution in [3.8, 4) is 0 Å². The zero-order valence-corrected chi connectivity index (χ0v) is 9.52. The van der Waals surface area contributed by atoms with E-state index >= 15 is 0 Å². The maximum atomic E-state index is 4.42. The normalized spacial score (nSPS) is 40.6. The maximum absolute atomic E-state index is 4.42. The minimum absolute atomic E-state index is 0.712. The van der Waals surface area contributed by atoms with Crippen LogP contribution in [0.1, 0.15) is 32.6 Å². The molecule has 2 fully saturated rings. The number of hydrogen-bond donors (Lipinski definition) is 1. The Kier molecular flexibility index (Phi) is 2.89. The number of thiol groups is 1. The second kappa shape index (κ2) is 3.82. The summed E-state index contributed by atoms with van der Waals surface area (Å²) >= 11 is 4.42. The van der Waals surface area contributed by atoms with E-state index in [1.54, 1.807) is 0 Å². The number of nitrogens with zero attached hydrogens (tertiary/aromatic N) is 1. The van der Waals surface area contributed by atoms with E-state index in [1.165, 1.54) is 45.3 Å². The van der Waals surface area contributed by atoms with E-state index in [9.17, 15) is 0 Å². The smallest absolute Gasteiger partial charge is 0.00384 e. The summed E-state index contributed by atoms with van der Waals surface area (Å²) in [5, 5.41) is 0. The van der Waals surface area contributed by atoms with Gasteiger partial charge in [0.25, 0.3) is 0 Å². The topological polar surface area (TPSA) is 3.24 Å². The van der Waals surface area contributed by atoms with Crippen molar-refractivity contribution in [3.05, 3.63) is 0 Å². The summed E-state index contributed by atoms with van der Waals surface area (Å²) in [6.45, 7) is 6.24. The molecule has 0 N–H and O–H groups in total. The second-order valence-corrected chi connectivity index (χ2v) is 5.28. The van der Waals surface area contributed by atoms with Gasteiger partial charge in [0.1, 0.15) is 0 Å². The van der Waals surface area contributed by atoms with Crippen LogP contribution in [0.2, 0.25) is 0 Å². The van der Waals surface area contributed by atoms with Gasteiger partial charge in [0.05, 0.1) is 0 Å². The Hall–Kier alpha value is 0.310. The highest BCUT2D eigenvalue weighted by molar-refractivity contribution is 7.80. The Bertz CT molecular complexity index is 161. The first-order valence-electron chi connectivity index (χ1n) is 5.61. The van der Waals surface area contributed by atoms with E-state index in [-0.39, 0.29) is 0 Å². The fraction of sp³-hybridized carbons (Fsp3) is 1.00. The van der Waals surface area contributed by atoms with Crippen LogP contribution in [0.5, 0.6) is 0 Å².